The molecule has 4 aromatic carbocycles. The number of fused-ring (bicyclic) bond motifs is 3. The first-order valence-corrected chi connectivity index (χ1v) is 11.3. The highest BCUT2D eigenvalue weighted by Crippen LogP contribution is 2.40. The van der Waals surface area contributed by atoms with E-state index < -0.39 is 0 Å². The van der Waals surface area contributed by atoms with Crippen LogP contribution in [-0.4, -0.2) is 4.98 Å². The van der Waals surface area contributed by atoms with Crippen molar-refractivity contribution in [1.82, 2.24) is 4.98 Å². The molecule has 5 rings (SSSR count). The number of benzene rings is 4. The Morgan fingerprint density at radius 1 is 0.484 bits per heavy atom. The van der Waals surface area contributed by atoms with Crippen LogP contribution in [0.4, 0.5) is 0 Å². The van der Waals surface area contributed by atoms with Crippen LogP contribution in [0.15, 0.2) is 84.9 Å². The first-order valence-electron chi connectivity index (χ1n) is 11.3. The van der Waals surface area contributed by atoms with E-state index in [4.69, 9.17) is 0 Å². The summed E-state index contributed by atoms with van der Waals surface area (Å²) in [4.78, 5) is 3.84. The van der Waals surface area contributed by atoms with E-state index in [1.807, 2.05) is 0 Å². The molecule has 154 valence electrons. The quantitative estimate of drug-likeness (QED) is 0.308. The molecule has 0 bridgehead atoms. The van der Waals surface area contributed by atoms with Gasteiger partial charge < -0.3 is 4.98 Å². The molecule has 0 aliphatic rings. The number of nitrogens with one attached hydrogen (secondary N) is 1. The Bertz CT molecular complexity index is 1250. The van der Waals surface area contributed by atoms with E-state index in [9.17, 15) is 0 Å². The minimum atomic E-state index is 0.440. The van der Waals surface area contributed by atoms with Gasteiger partial charge in [0.05, 0.1) is 11.0 Å². The Balaban J connectivity index is 1.88. The lowest BCUT2D eigenvalue weighted by Crippen LogP contribution is -1.91. The van der Waals surface area contributed by atoms with Crippen LogP contribution >= 0.6 is 0 Å². The molecule has 1 nitrogen and oxygen atoms in total. The van der Waals surface area contributed by atoms with Crippen LogP contribution in [0.2, 0.25) is 0 Å². The summed E-state index contributed by atoms with van der Waals surface area (Å²) in [6.45, 7) is 9.14. The first kappa shape index (κ1) is 19.6. The molecule has 0 fully saturated rings. The third-order valence-electron chi connectivity index (χ3n) is 6.34. The molecule has 0 aliphatic carbocycles. The summed E-state index contributed by atoms with van der Waals surface area (Å²) in [6, 6.07) is 30.9. The Labute approximate surface area is 184 Å². The maximum Gasteiger partial charge on any atom is 0.0500 e. The summed E-state index contributed by atoms with van der Waals surface area (Å²) in [5, 5.41) is 2.64. The van der Waals surface area contributed by atoms with Crippen molar-refractivity contribution < 1.29 is 0 Å². The lowest BCUT2D eigenvalue weighted by molar-refractivity contribution is 0.870. The van der Waals surface area contributed by atoms with Gasteiger partial charge in [-0.25, -0.2) is 0 Å². The normalized spacial score (nSPS) is 11.8. The van der Waals surface area contributed by atoms with Crippen LogP contribution in [0.5, 0.6) is 0 Å². The molecule has 5 aromatic rings. The van der Waals surface area contributed by atoms with Gasteiger partial charge in [0.2, 0.25) is 0 Å². The SMILES string of the molecule is CC(C)c1cc(-c2ccccc2)cc2c1[nH]c1c(C(C)C)cc(-c3ccccc3)cc12. The molecule has 0 saturated heterocycles. The summed E-state index contributed by atoms with van der Waals surface area (Å²) in [6.07, 6.45) is 0. The molecular weight excluding hydrogens is 374 g/mol. The third kappa shape index (κ3) is 3.45. The van der Waals surface area contributed by atoms with E-state index in [0.29, 0.717) is 11.8 Å². The van der Waals surface area contributed by atoms with Gasteiger partial charge in [-0.05, 0) is 69.5 Å². The van der Waals surface area contributed by atoms with Crippen LogP contribution in [-0.2, 0) is 0 Å². The summed E-state index contributed by atoms with van der Waals surface area (Å²) in [5.41, 5.74) is 10.4. The van der Waals surface area contributed by atoms with Crippen molar-refractivity contribution >= 4 is 21.8 Å². The lowest BCUT2D eigenvalue weighted by Gasteiger charge is -2.11. The average molecular weight is 404 g/mol. The Morgan fingerprint density at radius 3 is 1.23 bits per heavy atom. The highest BCUT2D eigenvalue weighted by atomic mass is 14.7. The molecular formula is C30H29N. The molecule has 0 radical (unpaired) electrons. The van der Waals surface area contributed by atoms with Gasteiger partial charge in [-0.2, -0.15) is 0 Å². The second-order valence-electron chi connectivity index (χ2n) is 9.14. The first-order chi connectivity index (χ1) is 15.0. The van der Waals surface area contributed by atoms with Gasteiger partial charge in [0.15, 0.2) is 0 Å². The van der Waals surface area contributed by atoms with E-state index in [0.717, 1.165) is 0 Å². The topological polar surface area (TPSA) is 15.8 Å². The van der Waals surface area contributed by atoms with E-state index in [2.05, 4.69) is 118 Å². The van der Waals surface area contributed by atoms with Crippen molar-refractivity contribution in [2.75, 3.05) is 0 Å². The predicted octanol–water partition coefficient (Wildman–Crippen LogP) is 8.90. The maximum absolute atomic E-state index is 3.84. The van der Waals surface area contributed by atoms with Crippen molar-refractivity contribution in [1.29, 1.82) is 0 Å². The second-order valence-corrected chi connectivity index (χ2v) is 9.14. The molecule has 0 aliphatic heterocycles. The molecule has 0 spiro atoms. The standard InChI is InChI=1S/C30H29N/c1-19(2)25-15-23(21-11-7-5-8-12-21)17-27-28-18-24(22-13-9-6-10-14-22)16-26(20(3)4)30(28)31-29(25)27/h5-20,31H,1-4H3. The Morgan fingerprint density at radius 2 is 0.871 bits per heavy atom. The van der Waals surface area contributed by atoms with Gasteiger partial charge in [-0.15, -0.1) is 0 Å². The molecule has 1 heteroatoms. The maximum atomic E-state index is 3.84. The van der Waals surface area contributed by atoms with Gasteiger partial charge in [0, 0.05) is 10.8 Å². The minimum absolute atomic E-state index is 0.440. The number of rotatable bonds is 4. The monoisotopic (exact) mass is 403 g/mol. The molecule has 0 saturated carbocycles. The number of aromatic nitrogens is 1. The highest BCUT2D eigenvalue weighted by Gasteiger charge is 2.17. The van der Waals surface area contributed by atoms with Crippen molar-refractivity contribution in [2.24, 2.45) is 0 Å². The fourth-order valence-electron chi connectivity index (χ4n) is 4.66. The molecule has 1 aromatic heterocycles. The molecule has 0 atom stereocenters. The zero-order chi connectivity index (χ0) is 21.5. The van der Waals surface area contributed by atoms with Crippen molar-refractivity contribution in [3.63, 3.8) is 0 Å². The summed E-state index contributed by atoms with van der Waals surface area (Å²) < 4.78 is 0. The van der Waals surface area contributed by atoms with Gasteiger partial charge in [-0.1, -0.05) is 88.4 Å². The van der Waals surface area contributed by atoms with E-state index >= 15 is 0 Å². The van der Waals surface area contributed by atoms with Crippen LogP contribution in [0, 0.1) is 0 Å². The fraction of sp³-hybridized carbons (Fsp3) is 0.200. The smallest absolute Gasteiger partial charge is 0.0500 e. The second kappa shape index (κ2) is 7.74. The largest absolute Gasteiger partial charge is 0.354 e. The number of H-pyrrole nitrogens is 1. The van der Waals surface area contributed by atoms with Crippen molar-refractivity contribution in [3.8, 4) is 22.3 Å². The summed E-state index contributed by atoms with van der Waals surface area (Å²) in [5.74, 6) is 0.880. The zero-order valence-corrected chi connectivity index (χ0v) is 18.7. The lowest BCUT2D eigenvalue weighted by atomic mass is 9.92. The molecule has 31 heavy (non-hydrogen) atoms. The number of hydrogen-bond acceptors (Lipinski definition) is 0. The number of aromatic amines is 1. The van der Waals surface area contributed by atoms with Crippen LogP contribution in [0.1, 0.15) is 50.7 Å². The van der Waals surface area contributed by atoms with Crippen LogP contribution < -0.4 is 0 Å². The third-order valence-corrected chi connectivity index (χ3v) is 6.34. The Kier molecular flexibility index (Phi) is 4.90. The predicted molar refractivity (Wildman–Crippen MR) is 135 cm³/mol. The molecule has 1 N–H and O–H groups in total. The van der Waals surface area contributed by atoms with E-state index in [1.54, 1.807) is 0 Å². The van der Waals surface area contributed by atoms with Crippen molar-refractivity contribution in [3.05, 3.63) is 96.1 Å². The van der Waals surface area contributed by atoms with Crippen molar-refractivity contribution in [2.45, 2.75) is 39.5 Å². The summed E-state index contributed by atoms with van der Waals surface area (Å²) in [7, 11) is 0. The van der Waals surface area contributed by atoms with Crippen LogP contribution in [0.25, 0.3) is 44.1 Å². The van der Waals surface area contributed by atoms with Gasteiger partial charge >= 0.3 is 0 Å². The van der Waals surface area contributed by atoms with Gasteiger partial charge in [-0.3, -0.25) is 0 Å². The minimum Gasteiger partial charge on any atom is -0.354 e. The van der Waals surface area contributed by atoms with E-state index in [1.165, 1.54) is 55.2 Å². The number of hydrogen-bond donors (Lipinski definition) is 1. The van der Waals surface area contributed by atoms with Gasteiger partial charge in [0.1, 0.15) is 0 Å². The summed E-state index contributed by atoms with van der Waals surface area (Å²) >= 11 is 0. The molecule has 0 amide bonds. The van der Waals surface area contributed by atoms with E-state index in [-0.39, 0.29) is 0 Å². The highest BCUT2D eigenvalue weighted by molar-refractivity contribution is 6.12. The molecule has 1 heterocycles. The van der Waals surface area contributed by atoms with Gasteiger partial charge in [0.25, 0.3) is 0 Å². The fourth-order valence-corrected chi connectivity index (χ4v) is 4.66. The zero-order valence-electron chi connectivity index (χ0n) is 18.7. The van der Waals surface area contributed by atoms with Crippen LogP contribution in [0.3, 0.4) is 0 Å². The Hall–Kier alpha value is -3.32. The molecule has 0 unspecified atom stereocenters. The average Bonchev–Trinajstić information content (AvgIpc) is 3.17.